The third kappa shape index (κ3) is 1.88. The first-order valence-corrected chi connectivity index (χ1v) is 4.44. The predicted molar refractivity (Wildman–Crippen MR) is 55.3 cm³/mol. The molecule has 1 heterocycles. The Kier molecular flexibility index (Phi) is 2.25. The third-order valence-corrected chi connectivity index (χ3v) is 1.96. The fraction of sp³-hybridized carbons (Fsp3) is 0.0909. The SMILES string of the molecule is CC1=N/C(=C\c2ccccc2O)C(=O)O1. The summed E-state index contributed by atoms with van der Waals surface area (Å²) in [6.45, 7) is 1.60. The zero-order valence-corrected chi connectivity index (χ0v) is 8.10. The molecule has 0 radical (unpaired) electrons. The van der Waals surface area contributed by atoms with Gasteiger partial charge in [-0.15, -0.1) is 0 Å². The van der Waals surface area contributed by atoms with E-state index >= 15 is 0 Å². The lowest BCUT2D eigenvalue weighted by atomic mass is 10.2. The maximum absolute atomic E-state index is 11.2. The second-order valence-electron chi connectivity index (χ2n) is 3.11. The average Bonchev–Trinajstić information content (AvgIpc) is 2.49. The molecule has 15 heavy (non-hydrogen) atoms. The van der Waals surface area contributed by atoms with Crippen molar-refractivity contribution in [3.8, 4) is 5.75 Å². The van der Waals surface area contributed by atoms with Gasteiger partial charge in [-0.3, -0.25) is 0 Å². The van der Waals surface area contributed by atoms with Crippen LogP contribution in [0.15, 0.2) is 35.0 Å². The molecule has 0 saturated carbocycles. The quantitative estimate of drug-likeness (QED) is 0.558. The molecule has 1 aromatic rings. The number of hydrogen-bond acceptors (Lipinski definition) is 4. The molecule has 1 aliphatic rings. The van der Waals surface area contributed by atoms with Crippen molar-refractivity contribution >= 4 is 17.9 Å². The van der Waals surface area contributed by atoms with Crippen LogP contribution in [0.1, 0.15) is 12.5 Å². The van der Waals surface area contributed by atoms with Crippen molar-refractivity contribution in [2.75, 3.05) is 0 Å². The molecule has 0 unspecified atom stereocenters. The number of rotatable bonds is 1. The standard InChI is InChI=1S/C11H9NO3/c1-7-12-9(11(14)15-7)6-8-4-2-3-5-10(8)13/h2-6,13H,1H3/b9-6-. The van der Waals surface area contributed by atoms with E-state index in [1.807, 2.05) is 0 Å². The monoisotopic (exact) mass is 203 g/mol. The molecular formula is C11H9NO3. The highest BCUT2D eigenvalue weighted by Crippen LogP contribution is 2.21. The van der Waals surface area contributed by atoms with Gasteiger partial charge in [0.25, 0.3) is 0 Å². The number of esters is 1. The Morgan fingerprint density at radius 2 is 2.13 bits per heavy atom. The fourth-order valence-corrected chi connectivity index (χ4v) is 1.27. The highest BCUT2D eigenvalue weighted by Gasteiger charge is 2.19. The Hall–Kier alpha value is -2.10. The molecule has 0 aliphatic carbocycles. The number of phenols is 1. The molecule has 0 spiro atoms. The maximum Gasteiger partial charge on any atom is 0.363 e. The van der Waals surface area contributed by atoms with Gasteiger partial charge in [-0.05, 0) is 12.1 Å². The molecule has 0 bridgehead atoms. The molecule has 1 aromatic carbocycles. The summed E-state index contributed by atoms with van der Waals surface area (Å²) in [6, 6.07) is 6.71. The largest absolute Gasteiger partial charge is 0.507 e. The average molecular weight is 203 g/mol. The number of ether oxygens (including phenoxy) is 1. The van der Waals surface area contributed by atoms with E-state index in [1.165, 1.54) is 6.08 Å². The minimum Gasteiger partial charge on any atom is -0.507 e. The van der Waals surface area contributed by atoms with E-state index in [0.717, 1.165) is 0 Å². The van der Waals surface area contributed by atoms with E-state index in [0.29, 0.717) is 11.5 Å². The molecule has 0 saturated heterocycles. The van der Waals surface area contributed by atoms with Crippen LogP contribution in [0.3, 0.4) is 0 Å². The van der Waals surface area contributed by atoms with Crippen LogP contribution in [0, 0.1) is 0 Å². The molecule has 0 fully saturated rings. The lowest BCUT2D eigenvalue weighted by Crippen LogP contribution is -1.99. The Morgan fingerprint density at radius 3 is 2.73 bits per heavy atom. The summed E-state index contributed by atoms with van der Waals surface area (Å²) in [5.74, 6) is -0.0602. The van der Waals surface area contributed by atoms with Crippen molar-refractivity contribution < 1.29 is 14.6 Å². The molecule has 1 N–H and O–H groups in total. The number of para-hydroxylation sites is 1. The number of phenolic OH excluding ortho intramolecular Hbond substituents is 1. The third-order valence-electron chi connectivity index (χ3n) is 1.96. The molecule has 76 valence electrons. The minimum atomic E-state index is -0.490. The summed E-state index contributed by atoms with van der Waals surface area (Å²) in [4.78, 5) is 15.1. The molecule has 4 nitrogen and oxygen atoms in total. The van der Waals surface area contributed by atoms with Crippen LogP contribution in [0.2, 0.25) is 0 Å². The van der Waals surface area contributed by atoms with Gasteiger partial charge in [0.1, 0.15) is 5.75 Å². The van der Waals surface area contributed by atoms with Crippen LogP contribution < -0.4 is 0 Å². The number of nitrogens with zero attached hydrogens (tertiary/aromatic N) is 1. The summed E-state index contributed by atoms with van der Waals surface area (Å²) >= 11 is 0. The number of cyclic esters (lactones) is 1. The summed E-state index contributed by atoms with van der Waals surface area (Å²) in [5, 5.41) is 9.48. The van der Waals surface area contributed by atoms with E-state index in [2.05, 4.69) is 4.99 Å². The van der Waals surface area contributed by atoms with Crippen molar-refractivity contribution in [3.63, 3.8) is 0 Å². The number of aliphatic imine (C=N–C) groups is 1. The highest BCUT2D eigenvalue weighted by molar-refractivity contribution is 6.06. The van der Waals surface area contributed by atoms with Gasteiger partial charge >= 0.3 is 5.97 Å². The fourth-order valence-electron chi connectivity index (χ4n) is 1.27. The van der Waals surface area contributed by atoms with Crippen LogP contribution in [0.25, 0.3) is 6.08 Å². The molecule has 0 atom stereocenters. The first-order chi connectivity index (χ1) is 7.16. The van der Waals surface area contributed by atoms with E-state index in [1.54, 1.807) is 31.2 Å². The molecular weight excluding hydrogens is 194 g/mol. The van der Waals surface area contributed by atoms with E-state index < -0.39 is 5.97 Å². The van der Waals surface area contributed by atoms with E-state index in [-0.39, 0.29) is 11.4 Å². The topological polar surface area (TPSA) is 58.9 Å². The van der Waals surface area contributed by atoms with Gasteiger partial charge in [0.2, 0.25) is 0 Å². The van der Waals surface area contributed by atoms with Gasteiger partial charge in [0.15, 0.2) is 11.6 Å². The van der Waals surface area contributed by atoms with Crippen molar-refractivity contribution in [2.24, 2.45) is 4.99 Å². The van der Waals surface area contributed by atoms with Crippen molar-refractivity contribution in [2.45, 2.75) is 6.92 Å². The summed E-state index contributed by atoms with van der Waals surface area (Å²) < 4.78 is 4.75. The second-order valence-corrected chi connectivity index (χ2v) is 3.11. The number of carbonyl (C=O) groups excluding carboxylic acids is 1. The smallest absolute Gasteiger partial charge is 0.363 e. The molecule has 0 amide bonds. The minimum absolute atomic E-state index is 0.109. The number of carbonyl (C=O) groups is 1. The van der Waals surface area contributed by atoms with Crippen molar-refractivity contribution in [1.29, 1.82) is 0 Å². The maximum atomic E-state index is 11.2. The molecule has 0 aromatic heterocycles. The van der Waals surface area contributed by atoms with Gasteiger partial charge in [-0.2, -0.15) is 0 Å². The predicted octanol–water partition coefficient (Wildman–Crippen LogP) is 1.71. The van der Waals surface area contributed by atoms with Gasteiger partial charge < -0.3 is 9.84 Å². The Morgan fingerprint density at radius 1 is 1.40 bits per heavy atom. The summed E-state index contributed by atoms with van der Waals surface area (Å²) in [7, 11) is 0. The van der Waals surface area contributed by atoms with Gasteiger partial charge in [-0.25, -0.2) is 9.79 Å². The van der Waals surface area contributed by atoms with Crippen LogP contribution in [-0.2, 0) is 9.53 Å². The van der Waals surface area contributed by atoms with Crippen LogP contribution in [0.4, 0.5) is 0 Å². The van der Waals surface area contributed by atoms with E-state index in [4.69, 9.17) is 4.74 Å². The van der Waals surface area contributed by atoms with Gasteiger partial charge in [0, 0.05) is 12.5 Å². The van der Waals surface area contributed by atoms with Gasteiger partial charge in [-0.1, -0.05) is 18.2 Å². The first kappa shape index (κ1) is 9.45. The normalized spacial score (nSPS) is 17.8. The lowest BCUT2D eigenvalue weighted by molar-refractivity contribution is -0.130. The Bertz CT molecular complexity index is 474. The number of aromatic hydroxyl groups is 1. The number of hydrogen-bond donors (Lipinski definition) is 1. The van der Waals surface area contributed by atoms with Gasteiger partial charge in [0.05, 0.1) is 0 Å². The molecule has 4 heteroatoms. The van der Waals surface area contributed by atoms with E-state index in [9.17, 15) is 9.90 Å². The van der Waals surface area contributed by atoms with Crippen LogP contribution in [0.5, 0.6) is 5.75 Å². The zero-order valence-electron chi connectivity index (χ0n) is 8.10. The van der Waals surface area contributed by atoms with Crippen molar-refractivity contribution in [1.82, 2.24) is 0 Å². The lowest BCUT2D eigenvalue weighted by Gasteiger charge is -1.97. The first-order valence-electron chi connectivity index (χ1n) is 4.44. The number of benzene rings is 1. The zero-order chi connectivity index (χ0) is 10.8. The molecule has 2 rings (SSSR count). The Balaban J connectivity index is 2.39. The molecule has 1 aliphatic heterocycles. The second kappa shape index (κ2) is 3.57. The highest BCUT2D eigenvalue weighted by atomic mass is 16.6. The van der Waals surface area contributed by atoms with Crippen LogP contribution in [-0.4, -0.2) is 17.0 Å². The Labute approximate surface area is 86.5 Å². The summed E-state index contributed by atoms with van der Waals surface area (Å²) in [6.07, 6.45) is 1.49. The van der Waals surface area contributed by atoms with Crippen LogP contribution >= 0.6 is 0 Å². The summed E-state index contributed by atoms with van der Waals surface area (Å²) in [5.41, 5.74) is 0.747. The van der Waals surface area contributed by atoms with Crippen molar-refractivity contribution in [3.05, 3.63) is 35.5 Å².